The number of aliphatic hydroxyl groups is 2. The van der Waals surface area contributed by atoms with E-state index < -0.39 is 18.0 Å². The molecule has 0 bridgehead atoms. The van der Waals surface area contributed by atoms with Gasteiger partial charge in [-0.2, -0.15) is 0 Å². The van der Waals surface area contributed by atoms with Crippen molar-refractivity contribution in [1.29, 1.82) is 0 Å². The summed E-state index contributed by atoms with van der Waals surface area (Å²) in [5, 5.41) is 20.5. The lowest BCUT2D eigenvalue weighted by atomic mass is 9.81. The highest BCUT2D eigenvalue weighted by molar-refractivity contribution is 4.94. The quantitative estimate of drug-likeness (QED) is 0.780. The number of rotatable bonds is 3. The Hall–Kier alpha value is -0.420. The first-order valence-electron chi connectivity index (χ1n) is 7.69. The van der Waals surface area contributed by atoms with Gasteiger partial charge >= 0.3 is 0 Å². The highest BCUT2D eigenvalue weighted by atomic mass is 16.7. The van der Waals surface area contributed by atoms with Gasteiger partial charge in [0.05, 0.1) is 24.4 Å². The SMILES string of the molecule is C=CC[C@@H]1C[C@H](O)C[C@]2(C[C@H](O)[C@H](C)[C@@H](C(C)C)O2)O1. The maximum absolute atomic E-state index is 10.4. The minimum Gasteiger partial charge on any atom is -0.393 e. The monoisotopic (exact) mass is 284 g/mol. The molecule has 0 aromatic rings. The van der Waals surface area contributed by atoms with E-state index in [0.29, 0.717) is 31.6 Å². The van der Waals surface area contributed by atoms with Crippen molar-refractivity contribution >= 4 is 0 Å². The standard InChI is InChI=1S/C16H28O4/c1-5-6-13-7-12(17)8-16(19-13)9-14(18)11(4)15(20-16)10(2)3/h5,10-15,17-18H,1,6-9H2,2-4H3/t11-,12-,13+,14-,15+,16-/m0/s1. The highest BCUT2D eigenvalue weighted by Gasteiger charge is 2.50. The molecule has 2 fully saturated rings. The Morgan fingerprint density at radius 3 is 2.60 bits per heavy atom. The highest BCUT2D eigenvalue weighted by Crippen LogP contribution is 2.43. The van der Waals surface area contributed by atoms with Crippen LogP contribution in [0.15, 0.2) is 12.7 Å². The number of hydrogen-bond acceptors (Lipinski definition) is 4. The fraction of sp³-hybridized carbons (Fsp3) is 0.875. The molecule has 2 N–H and O–H groups in total. The van der Waals surface area contributed by atoms with E-state index in [0.717, 1.165) is 0 Å². The van der Waals surface area contributed by atoms with Gasteiger partial charge in [0.1, 0.15) is 0 Å². The first-order valence-corrected chi connectivity index (χ1v) is 7.69. The van der Waals surface area contributed by atoms with Crippen LogP contribution in [-0.2, 0) is 9.47 Å². The molecule has 0 aromatic carbocycles. The molecule has 0 aromatic heterocycles. The Morgan fingerprint density at radius 1 is 1.30 bits per heavy atom. The van der Waals surface area contributed by atoms with Crippen molar-refractivity contribution in [2.24, 2.45) is 11.8 Å². The van der Waals surface area contributed by atoms with Gasteiger partial charge in [-0.1, -0.05) is 26.8 Å². The first-order chi connectivity index (χ1) is 9.37. The molecule has 4 heteroatoms. The van der Waals surface area contributed by atoms with Crippen LogP contribution in [0.3, 0.4) is 0 Å². The Morgan fingerprint density at radius 2 is 2.00 bits per heavy atom. The summed E-state index contributed by atoms with van der Waals surface area (Å²) in [6.07, 6.45) is 2.95. The van der Waals surface area contributed by atoms with Gasteiger partial charge in [-0.25, -0.2) is 0 Å². The Balaban J connectivity index is 2.17. The maximum Gasteiger partial charge on any atom is 0.174 e. The molecule has 2 aliphatic rings. The normalized spacial score (nSPS) is 45.8. The zero-order valence-corrected chi connectivity index (χ0v) is 12.8. The zero-order valence-electron chi connectivity index (χ0n) is 12.8. The lowest BCUT2D eigenvalue weighted by molar-refractivity contribution is -0.353. The van der Waals surface area contributed by atoms with Crippen molar-refractivity contribution in [2.45, 2.75) is 76.7 Å². The minimum atomic E-state index is -0.841. The summed E-state index contributed by atoms with van der Waals surface area (Å²) in [6.45, 7) is 9.93. The molecule has 6 atom stereocenters. The smallest absolute Gasteiger partial charge is 0.174 e. The Bertz CT molecular complexity index is 343. The summed E-state index contributed by atoms with van der Waals surface area (Å²) < 4.78 is 12.3. The average molecular weight is 284 g/mol. The van der Waals surface area contributed by atoms with Crippen molar-refractivity contribution in [1.82, 2.24) is 0 Å². The molecular formula is C16H28O4. The van der Waals surface area contributed by atoms with Crippen LogP contribution in [0.2, 0.25) is 0 Å². The van der Waals surface area contributed by atoms with Crippen molar-refractivity contribution in [3.05, 3.63) is 12.7 Å². The molecule has 0 aliphatic carbocycles. The summed E-state index contributed by atoms with van der Waals surface area (Å²) in [7, 11) is 0. The van der Waals surface area contributed by atoms with Crippen LogP contribution in [0.4, 0.5) is 0 Å². The van der Waals surface area contributed by atoms with Crippen molar-refractivity contribution in [2.75, 3.05) is 0 Å². The maximum atomic E-state index is 10.4. The molecule has 0 saturated carbocycles. The van der Waals surface area contributed by atoms with Gasteiger partial charge in [0.2, 0.25) is 0 Å². The van der Waals surface area contributed by atoms with Crippen LogP contribution in [0, 0.1) is 11.8 Å². The van der Waals surface area contributed by atoms with Gasteiger partial charge in [-0.05, 0) is 12.3 Å². The van der Waals surface area contributed by atoms with Gasteiger partial charge in [-0.3, -0.25) is 0 Å². The third-order valence-corrected chi connectivity index (χ3v) is 4.55. The lowest BCUT2D eigenvalue weighted by Crippen LogP contribution is -2.58. The van der Waals surface area contributed by atoms with Crippen LogP contribution in [0.25, 0.3) is 0 Å². The summed E-state index contributed by atoms with van der Waals surface area (Å²) in [5.41, 5.74) is 0. The molecule has 116 valence electrons. The molecule has 0 amide bonds. The Labute approximate surface area is 121 Å². The molecular weight excluding hydrogens is 256 g/mol. The molecule has 0 radical (unpaired) electrons. The molecule has 0 unspecified atom stereocenters. The second-order valence-corrected chi connectivity index (χ2v) is 6.73. The van der Waals surface area contributed by atoms with E-state index in [1.54, 1.807) is 6.08 Å². The molecule has 2 aliphatic heterocycles. The van der Waals surface area contributed by atoms with Gasteiger partial charge < -0.3 is 19.7 Å². The third kappa shape index (κ3) is 3.25. The van der Waals surface area contributed by atoms with Crippen LogP contribution in [-0.4, -0.2) is 40.4 Å². The van der Waals surface area contributed by atoms with Crippen LogP contribution < -0.4 is 0 Å². The van der Waals surface area contributed by atoms with E-state index in [9.17, 15) is 10.2 Å². The van der Waals surface area contributed by atoms with Crippen molar-refractivity contribution in [3.8, 4) is 0 Å². The summed E-state index contributed by atoms with van der Waals surface area (Å²) in [6, 6.07) is 0. The topological polar surface area (TPSA) is 58.9 Å². The molecule has 20 heavy (non-hydrogen) atoms. The van der Waals surface area contributed by atoms with E-state index in [4.69, 9.17) is 9.47 Å². The van der Waals surface area contributed by atoms with E-state index in [1.165, 1.54) is 0 Å². The summed E-state index contributed by atoms with van der Waals surface area (Å²) >= 11 is 0. The van der Waals surface area contributed by atoms with Gasteiger partial charge in [-0.15, -0.1) is 6.58 Å². The van der Waals surface area contributed by atoms with Gasteiger partial charge in [0, 0.05) is 25.2 Å². The zero-order chi connectivity index (χ0) is 14.9. The van der Waals surface area contributed by atoms with E-state index in [2.05, 4.69) is 20.4 Å². The average Bonchev–Trinajstić information content (AvgIpc) is 2.33. The van der Waals surface area contributed by atoms with Crippen LogP contribution >= 0.6 is 0 Å². The number of aliphatic hydroxyl groups excluding tert-OH is 2. The molecule has 2 saturated heterocycles. The predicted octanol–water partition coefficient (Wildman–Crippen LogP) is 2.24. The Kier molecular flexibility index (Phi) is 4.90. The van der Waals surface area contributed by atoms with E-state index in [1.807, 2.05) is 6.92 Å². The van der Waals surface area contributed by atoms with Crippen molar-refractivity contribution < 1.29 is 19.7 Å². The minimum absolute atomic E-state index is 0.0477. The number of hydrogen-bond donors (Lipinski definition) is 2. The third-order valence-electron chi connectivity index (χ3n) is 4.55. The van der Waals surface area contributed by atoms with Crippen molar-refractivity contribution in [3.63, 3.8) is 0 Å². The molecule has 2 rings (SSSR count). The number of ether oxygens (including phenoxy) is 2. The van der Waals surface area contributed by atoms with E-state index >= 15 is 0 Å². The van der Waals surface area contributed by atoms with Gasteiger partial charge in [0.25, 0.3) is 0 Å². The van der Waals surface area contributed by atoms with Gasteiger partial charge in [0.15, 0.2) is 5.79 Å². The lowest BCUT2D eigenvalue weighted by Gasteiger charge is -2.51. The second-order valence-electron chi connectivity index (χ2n) is 6.73. The predicted molar refractivity (Wildman–Crippen MR) is 77.2 cm³/mol. The summed E-state index contributed by atoms with van der Waals surface area (Å²) in [4.78, 5) is 0. The molecule has 2 heterocycles. The molecule has 4 nitrogen and oxygen atoms in total. The fourth-order valence-corrected chi connectivity index (χ4v) is 3.55. The second kappa shape index (κ2) is 6.14. The fourth-order valence-electron chi connectivity index (χ4n) is 3.55. The molecule has 1 spiro atoms. The summed E-state index contributed by atoms with van der Waals surface area (Å²) in [5.74, 6) is -0.454. The largest absolute Gasteiger partial charge is 0.393 e. The van der Waals surface area contributed by atoms with Crippen LogP contribution in [0.5, 0.6) is 0 Å². The van der Waals surface area contributed by atoms with E-state index in [-0.39, 0.29) is 18.1 Å². The first kappa shape index (κ1) is 16.0. The van der Waals surface area contributed by atoms with Crippen LogP contribution in [0.1, 0.15) is 46.5 Å².